The Labute approximate surface area is 113 Å². The second kappa shape index (κ2) is 6.12. The van der Waals surface area contributed by atoms with Crippen LogP contribution in [0.15, 0.2) is 24.3 Å². The van der Waals surface area contributed by atoms with E-state index in [4.69, 9.17) is 4.98 Å². The lowest BCUT2D eigenvalue weighted by molar-refractivity contribution is 0.798. The summed E-state index contributed by atoms with van der Waals surface area (Å²) in [6, 6.07) is 8.47. The van der Waals surface area contributed by atoms with E-state index in [0.29, 0.717) is 0 Å². The number of hydrogen-bond acceptors (Lipinski definition) is 3. The molecule has 2 nitrogen and oxygen atoms in total. The molecule has 0 atom stereocenters. The Morgan fingerprint density at radius 2 is 2.06 bits per heavy atom. The zero-order chi connectivity index (χ0) is 13.0. The molecule has 0 unspecified atom stereocenters. The molecule has 2 rings (SSSR count). The molecule has 0 fully saturated rings. The quantitative estimate of drug-likeness (QED) is 0.884. The summed E-state index contributed by atoms with van der Waals surface area (Å²) in [7, 11) is 1.99. The van der Waals surface area contributed by atoms with Crippen molar-refractivity contribution in [2.24, 2.45) is 0 Å². The first kappa shape index (κ1) is 13.2. The van der Waals surface area contributed by atoms with Crippen molar-refractivity contribution >= 4 is 11.3 Å². The number of nitrogens with one attached hydrogen (secondary N) is 1. The maximum atomic E-state index is 4.83. The predicted molar refractivity (Wildman–Crippen MR) is 79.0 cm³/mol. The van der Waals surface area contributed by atoms with E-state index in [1.165, 1.54) is 21.7 Å². The van der Waals surface area contributed by atoms with Crippen molar-refractivity contribution in [1.29, 1.82) is 0 Å². The monoisotopic (exact) mass is 260 g/mol. The van der Waals surface area contributed by atoms with Crippen LogP contribution in [0.3, 0.4) is 0 Å². The third-order valence-corrected chi connectivity index (χ3v) is 4.11. The van der Waals surface area contributed by atoms with Gasteiger partial charge in [-0.2, -0.15) is 0 Å². The standard InChI is InChI=1S/C15H20N2S/c1-4-7-13-14(10-16-3)18-15(17-13)12-9-6-5-8-11(12)2/h5-6,8-9,16H,4,7,10H2,1-3H3. The average Bonchev–Trinajstić information content (AvgIpc) is 2.74. The van der Waals surface area contributed by atoms with Crippen LogP contribution < -0.4 is 5.32 Å². The summed E-state index contributed by atoms with van der Waals surface area (Å²) < 4.78 is 0. The average molecular weight is 260 g/mol. The molecular weight excluding hydrogens is 240 g/mol. The number of rotatable bonds is 5. The fourth-order valence-electron chi connectivity index (χ4n) is 2.04. The summed E-state index contributed by atoms with van der Waals surface area (Å²) >= 11 is 1.82. The highest BCUT2D eigenvalue weighted by Crippen LogP contribution is 2.30. The fourth-order valence-corrected chi connectivity index (χ4v) is 3.25. The van der Waals surface area contributed by atoms with E-state index in [0.717, 1.165) is 24.4 Å². The molecule has 1 heterocycles. The summed E-state index contributed by atoms with van der Waals surface area (Å²) in [5.74, 6) is 0. The normalized spacial score (nSPS) is 10.8. The largest absolute Gasteiger partial charge is 0.315 e. The van der Waals surface area contributed by atoms with Crippen LogP contribution in [0.2, 0.25) is 0 Å². The third-order valence-electron chi connectivity index (χ3n) is 2.98. The number of aromatic nitrogens is 1. The van der Waals surface area contributed by atoms with Gasteiger partial charge in [0.05, 0.1) is 5.69 Å². The van der Waals surface area contributed by atoms with Gasteiger partial charge in [-0.25, -0.2) is 4.98 Å². The minimum absolute atomic E-state index is 0.916. The van der Waals surface area contributed by atoms with Gasteiger partial charge in [0.2, 0.25) is 0 Å². The van der Waals surface area contributed by atoms with Gasteiger partial charge in [0.25, 0.3) is 0 Å². The molecule has 0 amide bonds. The Hall–Kier alpha value is -1.19. The summed E-state index contributed by atoms with van der Waals surface area (Å²) in [6.07, 6.45) is 2.22. The molecule has 0 spiro atoms. The maximum absolute atomic E-state index is 4.83. The van der Waals surface area contributed by atoms with Gasteiger partial charge in [-0.15, -0.1) is 11.3 Å². The third kappa shape index (κ3) is 2.79. The maximum Gasteiger partial charge on any atom is 0.124 e. The molecule has 1 aromatic heterocycles. The first-order valence-electron chi connectivity index (χ1n) is 6.45. The van der Waals surface area contributed by atoms with Crippen molar-refractivity contribution in [3.63, 3.8) is 0 Å². The molecule has 1 N–H and O–H groups in total. The molecular formula is C15H20N2S. The summed E-state index contributed by atoms with van der Waals surface area (Å²) in [6.45, 7) is 5.27. The van der Waals surface area contributed by atoms with Crippen molar-refractivity contribution in [2.75, 3.05) is 7.05 Å². The van der Waals surface area contributed by atoms with E-state index in [-0.39, 0.29) is 0 Å². The van der Waals surface area contributed by atoms with Crippen molar-refractivity contribution in [3.05, 3.63) is 40.4 Å². The van der Waals surface area contributed by atoms with Gasteiger partial charge in [0.1, 0.15) is 5.01 Å². The van der Waals surface area contributed by atoms with E-state index in [1.807, 2.05) is 18.4 Å². The van der Waals surface area contributed by atoms with Crippen molar-refractivity contribution < 1.29 is 0 Å². The molecule has 2 aromatic rings. The van der Waals surface area contributed by atoms with Crippen LogP contribution in [0.5, 0.6) is 0 Å². The minimum atomic E-state index is 0.916. The lowest BCUT2D eigenvalue weighted by atomic mass is 10.1. The molecule has 0 saturated heterocycles. The Bertz CT molecular complexity index is 493. The first-order chi connectivity index (χ1) is 8.76. The first-order valence-corrected chi connectivity index (χ1v) is 7.27. The molecule has 1 aromatic carbocycles. The second-order valence-electron chi connectivity index (χ2n) is 4.48. The number of hydrogen-bond donors (Lipinski definition) is 1. The van der Waals surface area contributed by atoms with Crippen LogP contribution in [-0.4, -0.2) is 12.0 Å². The number of aryl methyl sites for hydroxylation is 2. The molecule has 0 aliphatic carbocycles. The highest BCUT2D eigenvalue weighted by molar-refractivity contribution is 7.15. The van der Waals surface area contributed by atoms with Gasteiger partial charge in [0, 0.05) is 17.0 Å². The number of thiazole rings is 1. The van der Waals surface area contributed by atoms with Crippen molar-refractivity contribution in [3.8, 4) is 10.6 Å². The number of benzene rings is 1. The fraction of sp³-hybridized carbons (Fsp3) is 0.400. The molecule has 0 aliphatic rings. The topological polar surface area (TPSA) is 24.9 Å². The van der Waals surface area contributed by atoms with E-state index in [1.54, 1.807) is 0 Å². The van der Waals surface area contributed by atoms with Crippen LogP contribution >= 0.6 is 11.3 Å². The Morgan fingerprint density at radius 3 is 2.72 bits per heavy atom. The van der Waals surface area contributed by atoms with Crippen molar-refractivity contribution in [2.45, 2.75) is 33.2 Å². The minimum Gasteiger partial charge on any atom is -0.315 e. The van der Waals surface area contributed by atoms with Gasteiger partial charge in [-0.1, -0.05) is 37.6 Å². The van der Waals surface area contributed by atoms with Gasteiger partial charge in [-0.05, 0) is 26.0 Å². The molecule has 96 valence electrons. The summed E-state index contributed by atoms with van der Waals surface area (Å²) in [5.41, 5.74) is 3.82. The highest BCUT2D eigenvalue weighted by atomic mass is 32.1. The SMILES string of the molecule is CCCc1nc(-c2ccccc2C)sc1CNC. The van der Waals surface area contributed by atoms with Crippen LogP contribution in [-0.2, 0) is 13.0 Å². The zero-order valence-corrected chi connectivity index (χ0v) is 12.1. The highest BCUT2D eigenvalue weighted by Gasteiger charge is 2.12. The lowest BCUT2D eigenvalue weighted by Crippen LogP contribution is -2.05. The lowest BCUT2D eigenvalue weighted by Gasteiger charge is -2.00. The predicted octanol–water partition coefficient (Wildman–Crippen LogP) is 3.79. The van der Waals surface area contributed by atoms with E-state index < -0.39 is 0 Å². The smallest absolute Gasteiger partial charge is 0.124 e. The van der Waals surface area contributed by atoms with Gasteiger partial charge in [0.15, 0.2) is 0 Å². The molecule has 3 heteroatoms. The van der Waals surface area contributed by atoms with Gasteiger partial charge >= 0.3 is 0 Å². The summed E-state index contributed by atoms with van der Waals surface area (Å²) in [5, 5.41) is 4.39. The van der Waals surface area contributed by atoms with Crippen molar-refractivity contribution in [1.82, 2.24) is 10.3 Å². The van der Waals surface area contributed by atoms with E-state index in [2.05, 4.69) is 43.4 Å². The van der Waals surface area contributed by atoms with Gasteiger partial charge < -0.3 is 5.32 Å². The number of nitrogens with zero attached hydrogens (tertiary/aromatic N) is 1. The van der Waals surface area contributed by atoms with Crippen LogP contribution in [0.1, 0.15) is 29.5 Å². The molecule has 0 bridgehead atoms. The Kier molecular flexibility index (Phi) is 4.50. The molecule has 0 aliphatic heterocycles. The molecule has 0 saturated carbocycles. The Morgan fingerprint density at radius 1 is 1.28 bits per heavy atom. The van der Waals surface area contributed by atoms with E-state index >= 15 is 0 Å². The molecule has 0 radical (unpaired) electrons. The Balaban J connectivity index is 2.40. The van der Waals surface area contributed by atoms with Gasteiger partial charge in [-0.3, -0.25) is 0 Å². The second-order valence-corrected chi connectivity index (χ2v) is 5.57. The van der Waals surface area contributed by atoms with Crippen LogP contribution in [0.25, 0.3) is 10.6 Å². The van der Waals surface area contributed by atoms with Crippen LogP contribution in [0.4, 0.5) is 0 Å². The zero-order valence-electron chi connectivity index (χ0n) is 11.3. The van der Waals surface area contributed by atoms with Crippen LogP contribution in [0, 0.1) is 6.92 Å². The molecule has 18 heavy (non-hydrogen) atoms. The summed E-state index contributed by atoms with van der Waals surface area (Å²) in [4.78, 5) is 6.20. The van der Waals surface area contributed by atoms with E-state index in [9.17, 15) is 0 Å².